The van der Waals surface area contributed by atoms with Gasteiger partial charge in [0.2, 0.25) is 0 Å². The first-order valence-corrected chi connectivity index (χ1v) is 4.73. The van der Waals surface area contributed by atoms with E-state index in [1.54, 1.807) is 13.8 Å². The van der Waals surface area contributed by atoms with E-state index < -0.39 is 12.2 Å². The standard InChI is InChI=1S/C9H18F3N/c1-4-6-13-8(7(3)5-2)9(10,11)12/h7-8,13H,4-6H2,1-3H3. The molecule has 2 atom stereocenters. The van der Waals surface area contributed by atoms with E-state index in [-0.39, 0.29) is 5.92 Å². The Balaban J connectivity index is 4.19. The molecule has 0 aromatic carbocycles. The molecule has 4 heteroatoms. The largest absolute Gasteiger partial charge is 0.404 e. The monoisotopic (exact) mass is 197 g/mol. The van der Waals surface area contributed by atoms with Gasteiger partial charge < -0.3 is 5.32 Å². The van der Waals surface area contributed by atoms with Crippen molar-refractivity contribution in [2.45, 2.75) is 45.8 Å². The summed E-state index contributed by atoms with van der Waals surface area (Å²) in [6.45, 7) is 5.68. The predicted octanol–water partition coefficient (Wildman–Crippen LogP) is 2.96. The molecule has 0 aliphatic carbocycles. The quantitative estimate of drug-likeness (QED) is 0.714. The van der Waals surface area contributed by atoms with Gasteiger partial charge in [-0.2, -0.15) is 13.2 Å². The summed E-state index contributed by atoms with van der Waals surface area (Å²) >= 11 is 0. The van der Waals surface area contributed by atoms with E-state index in [1.165, 1.54) is 0 Å². The normalized spacial score (nSPS) is 17.1. The van der Waals surface area contributed by atoms with Crippen LogP contribution in [-0.2, 0) is 0 Å². The van der Waals surface area contributed by atoms with Crippen LogP contribution in [0.25, 0.3) is 0 Å². The van der Waals surface area contributed by atoms with Crippen LogP contribution in [0, 0.1) is 5.92 Å². The zero-order valence-corrected chi connectivity index (χ0v) is 8.41. The molecule has 0 aromatic heterocycles. The molecule has 0 rings (SSSR count). The van der Waals surface area contributed by atoms with Crippen molar-refractivity contribution in [1.82, 2.24) is 5.32 Å². The van der Waals surface area contributed by atoms with E-state index in [0.29, 0.717) is 13.0 Å². The number of hydrogen-bond donors (Lipinski definition) is 1. The molecule has 0 aliphatic heterocycles. The molecule has 0 bridgehead atoms. The van der Waals surface area contributed by atoms with Crippen LogP contribution in [0.4, 0.5) is 13.2 Å². The fourth-order valence-corrected chi connectivity index (χ4v) is 1.18. The summed E-state index contributed by atoms with van der Waals surface area (Å²) in [4.78, 5) is 0. The SMILES string of the molecule is CCCNC(C(C)CC)C(F)(F)F. The summed E-state index contributed by atoms with van der Waals surface area (Å²) < 4.78 is 37.3. The Kier molecular flexibility index (Phi) is 5.37. The Morgan fingerprint density at radius 1 is 1.23 bits per heavy atom. The van der Waals surface area contributed by atoms with Crippen LogP contribution in [0.3, 0.4) is 0 Å². The van der Waals surface area contributed by atoms with Crippen LogP contribution in [-0.4, -0.2) is 18.8 Å². The Hall–Kier alpha value is -0.250. The maximum atomic E-state index is 12.4. The van der Waals surface area contributed by atoms with Gasteiger partial charge in [0.25, 0.3) is 0 Å². The highest BCUT2D eigenvalue weighted by Gasteiger charge is 2.41. The molecule has 0 amide bonds. The lowest BCUT2D eigenvalue weighted by atomic mass is 9.98. The maximum Gasteiger partial charge on any atom is 0.404 e. The van der Waals surface area contributed by atoms with Crippen molar-refractivity contribution in [3.8, 4) is 0 Å². The van der Waals surface area contributed by atoms with Crippen LogP contribution < -0.4 is 5.32 Å². The predicted molar refractivity (Wildman–Crippen MR) is 47.6 cm³/mol. The second-order valence-corrected chi connectivity index (χ2v) is 3.36. The lowest BCUT2D eigenvalue weighted by Gasteiger charge is -2.26. The van der Waals surface area contributed by atoms with Crippen molar-refractivity contribution in [3.05, 3.63) is 0 Å². The number of nitrogens with one attached hydrogen (secondary N) is 1. The van der Waals surface area contributed by atoms with E-state index in [2.05, 4.69) is 5.32 Å². The van der Waals surface area contributed by atoms with Gasteiger partial charge in [0.05, 0.1) is 0 Å². The van der Waals surface area contributed by atoms with Crippen molar-refractivity contribution in [1.29, 1.82) is 0 Å². The smallest absolute Gasteiger partial charge is 0.306 e. The van der Waals surface area contributed by atoms with Gasteiger partial charge in [-0.05, 0) is 18.9 Å². The molecule has 0 spiro atoms. The molecule has 80 valence electrons. The minimum atomic E-state index is -4.12. The summed E-state index contributed by atoms with van der Waals surface area (Å²) in [5.74, 6) is -0.355. The summed E-state index contributed by atoms with van der Waals surface area (Å²) in [5.41, 5.74) is 0. The molecule has 0 fully saturated rings. The van der Waals surface area contributed by atoms with Crippen molar-refractivity contribution >= 4 is 0 Å². The Labute approximate surface area is 77.7 Å². The van der Waals surface area contributed by atoms with Gasteiger partial charge >= 0.3 is 6.18 Å². The van der Waals surface area contributed by atoms with E-state index in [1.807, 2.05) is 6.92 Å². The first kappa shape index (κ1) is 12.8. The highest BCUT2D eigenvalue weighted by molar-refractivity contribution is 4.79. The molecule has 0 aliphatic rings. The van der Waals surface area contributed by atoms with Crippen LogP contribution in [0.2, 0.25) is 0 Å². The van der Waals surface area contributed by atoms with Gasteiger partial charge in [0.15, 0.2) is 0 Å². The first-order valence-electron chi connectivity index (χ1n) is 4.73. The molecule has 0 radical (unpaired) electrons. The fraction of sp³-hybridized carbons (Fsp3) is 1.00. The topological polar surface area (TPSA) is 12.0 Å². The minimum absolute atomic E-state index is 0.355. The Morgan fingerprint density at radius 3 is 2.08 bits per heavy atom. The van der Waals surface area contributed by atoms with Crippen molar-refractivity contribution in [2.24, 2.45) is 5.92 Å². The van der Waals surface area contributed by atoms with Gasteiger partial charge in [-0.15, -0.1) is 0 Å². The molecule has 0 aromatic rings. The summed E-state index contributed by atoms with van der Waals surface area (Å²) in [6.07, 6.45) is -2.85. The summed E-state index contributed by atoms with van der Waals surface area (Å²) in [5, 5.41) is 2.54. The zero-order chi connectivity index (χ0) is 10.5. The van der Waals surface area contributed by atoms with E-state index in [4.69, 9.17) is 0 Å². The van der Waals surface area contributed by atoms with Crippen LogP contribution >= 0.6 is 0 Å². The third-order valence-electron chi connectivity index (χ3n) is 2.18. The molecule has 1 N–H and O–H groups in total. The lowest BCUT2D eigenvalue weighted by Crippen LogP contribution is -2.46. The van der Waals surface area contributed by atoms with Crippen LogP contribution in [0.1, 0.15) is 33.6 Å². The molecular formula is C9H18F3N. The highest BCUT2D eigenvalue weighted by Crippen LogP contribution is 2.26. The molecule has 1 nitrogen and oxygen atoms in total. The van der Waals surface area contributed by atoms with Crippen molar-refractivity contribution in [2.75, 3.05) is 6.54 Å². The third kappa shape index (κ3) is 4.50. The average Bonchev–Trinajstić information content (AvgIpc) is 2.02. The van der Waals surface area contributed by atoms with Crippen LogP contribution in [0.15, 0.2) is 0 Å². The van der Waals surface area contributed by atoms with E-state index >= 15 is 0 Å². The second kappa shape index (κ2) is 5.47. The molecule has 13 heavy (non-hydrogen) atoms. The molecule has 0 heterocycles. The van der Waals surface area contributed by atoms with E-state index in [9.17, 15) is 13.2 Å². The number of hydrogen-bond acceptors (Lipinski definition) is 1. The van der Waals surface area contributed by atoms with Crippen molar-refractivity contribution < 1.29 is 13.2 Å². The number of alkyl halides is 3. The third-order valence-corrected chi connectivity index (χ3v) is 2.18. The number of halogens is 3. The van der Waals surface area contributed by atoms with Crippen LogP contribution in [0.5, 0.6) is 0 Å². The minimum Gasteiger partial charge on any atom is -0.306 e. The van der Waals surface area contributed by atoms with Gasteiger partial charge in [0.1, 0.15) is 6.04 Å². The van der Waals surface area contributed by atoms with Gasteiger partial charge in [0, 0.05) is 0 Å². The van der Waals surface area contributed by atoms with Gasteiger partial charge in [-0.3, -0.25) is 0 Å². The van der Waals surface area contributed by atoms with Gasteiger partial charge in [-0.25, -0.2) is 0 Å². The maximum absolute atomic E-state index is 12.4. The summed E-state index contributed by atoms with van der Waals surface area (Å²) in [6, 6.07) is -1.35. The van der Waals surface area contributed by atoms with E-state index in [0.717, 1.165) is 6.42 Å². The van der Waals surface area contributed by atoms with Crippen molar-refractivity contribution in [3.63, 3.8) is 0 Å². The Bertz CT molecular complexity index is 133. The molecule has 0 saturated carbocycles. The Morgan fingerprint density at radius 2 is 1.77 bits per heavy atom. The lowest BCUT2D eigenvalue weighted by molar-refractivity contribution is -0.166. The number of rotatable bonds is 5. The first-order chi connectivity index (χ1) is 5.93. The fourth-order valence-electron chi connectivity index (χ4n) is 1.18. The zero-order valence-electron chi connectivity index (χ0n) is 8.41. The molecule has 2 unspecified atom stereocenters. The summed E-state index contributed by atoms with van der Waals surface area (Å²) in [7, 11) is 0. The highest BCUT2D eigenvalue weighted by atomic mass is 19.4. The molecule has 0 saturated heterocycles. The second-order valence-electron chi connectivity index (χ2n) is 3.36. The van der Waals surface area contributed by atoms with Gasteiger partial charge in [-0.1, -0.05) is 27.2 Å². The average molecular weight is 197 g/mol. The molecular weight excluding hydrogens is 179 g/mol.